The van der Waals surface area contributed by atoms with Crippen molar-refractivity contribution in [3.63, 3.8) is 0 Å². The third kappa shape index (κ3) is 1.58. The maximum Gasteiger partial charge on any atom is 0.173 e. The van der Waals surface area contributed by atoms with E-state index in [-0.39, 0.29) is 18.1 Å². The lowest BCUT2D eigenvalue weighted by Crippen LogP contribution is -2.21. The van der Waals surface area contributed by atoms with Gasteiger partial charge in [-0.15, -0.1) is 6.42 Å². The summed E-state index contributed by atoms with van der Waals surface area (Å²) in [6.07, 6.45) is 6.13. The molecule has 10 heavy (non-hydrogen) atoms. The molecule has 1 atom stereocenters. The number of aliphatic hydroxyl groups is 1. The molecular formula is C8H10O2. The molecule has 0 radical (unpaired) electrons. The van der Waals surface area contributed by atoms with Crippen LogP contribution in [0, 0.1) is 18.3 Å². The Morgan fingerprint density at radius 1 is 1.80 bits per heavy atom. The summed E-state index contributed by atoms with van der Waals surface area (Å²) in [4.78, 5) is 10.8. The molecular weight excluding hydrogens is 128 g/mol. The number of carbonyl (C=O) groups is 1. The van der Waals surface area contributed by atoms with E-state index >= 15 is 0 Å². The van der Waals surface area contributed by atoms with Crippen molar-refractivity contribution in [1.82, 2.24) is 0 Å². The van der Waals surface area contributed by atoms with Crippen LogP contribution < -0.4 is 0 Å². The fraction of sp³-hybridized carbons (Fsp3) is 0.625. The van der Waals surface area contributed by atoms with Crippen LogP contribution in [-0.2, 0) is 4.79 Å². The summed E-state index contributed by atoms with van der Waals surface area (Å²) < 4.78 is 0. The van der Waals surface area contributed by atoms with Crippen molar-refractivity contribution >= 4 is 5.78 Å². The average Bonchev–Trinajstić information content (AvgIpc) is 2.68. The molecule has 0 heterocycles. The minimum absolute atomic E-state index is 0.0671. The molecule has 1 fully saturated rings. The van der Waals surface area contributed by atoms with Gasteiger partial charge in [-0.25, -0.2) is 0 Å². The van der Waals surface area contributed by atoms with Crippen molar-refractivity contribution in [3.05, 3.63) is 0 Å². The molecule has 0 amide bonds. The average molecular weight is 138 g/mol. The number of carbonyl (C=O) groups excluding carboxylic acids is 1. The van der Waals surface area contributed by atoms with E-state index in [2.05, 4.69) is 5.92 Å². The fourth-order valence-electron chi connectivity index (χ4n) is 0.880. The minimum Gasteiger partial charge on any atom is -0.385 e. The molecule has 1 saturated carbocycles. The number of Topliss-reactive ketones (excluding diaryl/α,β-unsaturated/α-hetero) is 1. The van der Waals surface area contributed by atoms with E-state index in [1.54, 1.807) is 0 Å². The molecule has 0 spiro atoms. The van der Waals surface area contributed by atoms with Crippen molar-refractivity contribution in [2.24, 2.45) is 5.92 Å². The summed E-state index contributed by atoms with van der Waals surface area (Å²) in [6, 6.07) is 0. The Labute approximate surface area is 60.2 Å². The molecule has 1 rings (SSSR count). The zero-order chi connectivity index (χ0) is 7.56. The Morgan fingerprint density at radius 2 is 2.40 bits per heavy atom. The number of ketones is 1. The summed E-state index contributed by atoms with van der Waals surface area (Å²) in [6.45, 7) is 0. The first-order valence-electron chi connectivity index (χ1n) is 3.40. The van der Waals surface area contributed by atoms with E-state index in [0.29, 0.717) is 0 Å². The number of hydrogen-bond donors (Lipinski definition) is 1. The second-order valence-corrected chi connectivity index (χ2v) is 2.63. The first kappa shape index (κ1) is 7.30. The SMILES string of the molecule is C#CCC(=O)C(O)C1CC1. The van der Waals surface area contributed by atoms with Gasteiger partial charge in [0.15, 0.2) is 5.78 Å². The number of hydrogen-bond acceptors (Lipinski definition) is 2. The highest BCUT2D eigenvalue weighted by molar-refractivity contribution is 5.85. The summed E-state index contributed by atoms with van der Waals surface area (Å²) >= 11 is 0. The van der Waals surface area contributed by atoms with Crippen LogP contribution >= 0.6 is 0 Å². The first-order valence-corrected chi connectivity index (χ1v) is 3.40. The Bertz CT molecular complexity index is 174. The molecule has 1 N–H and O–H groups in total. The molecule has 54 valence electrons. The van der Waals surface area contributed by atoms with Gasteiger partial charge in [-0.3, -0.25) is 4.79 Å². The lowest BCUT2D eigenvalue weighted by molar-refractivity contribution is -0.127. The summed E-state index contributed by atoms with van der Waals surface area (Å²) in [5, 5.41) is 9.14. The lowest BCUT2D eigenvalue weighted by atomic mass is 10.1. The third-order valence-corrected chi connectivity index (χ3v) is 1.67. The van der Waals surface area contributed by atoms with Gasteiger partial charge in [-0.2, -0.15) is 0 Å². The van der Waals surface area contributed by atoms with Crippen LogP contribution in [0.3, 0.4) is 0 Å². The Morgan fingerprint density at radius 3 is 2.80 bits per heavy atom. The van der Waals surface area contributed by atoms with Crippen molar-refractivity contribution in [2.45, 2.75) is 25.4 Å². The van der Waals surface area contributed by atoms with Crippen molar-refractivity contribution < 1.29 is 9.90 Å². The second-order valence-electron chi connectivity index (χ2n) is 2.63. The molecule has 0 aromatic carbocycles. The molecule has 0 aromatic rings. The van der Waals surface area contributed by atoms with Crippen LogP contribution in [0.4, 0.5) is 0 Å². The van der Waals surface area contributed by atoms with Crippen molar-refractivity contribution in [2.75, 3.05) is 0 Å². The quantitative estimate of drug-likeness (QED) is 0.571. The number of terminal acetylenes is 1. The largest absolute Gasteiger partial charge is 0.385 e. The zero-order valence-corrected chi connectivity index (χ0v) is 5.71. The van der Waals surface area contributed by atoms with Gasteiger partial charge in [-0.1, -0.05) is 5.92 Å². The van der Waals surface area contributed by atoms with Gasteiger partial charge in [0, 0.05) is 0 Å². The molecule has 2 nitrogen and oxygen atoms in total. The Balaban J connectivity index is 2.33. The lowest BCUT2D eigenvalue weighted by Gasteiger charge is -2.03. The molecule has 1 unspecified atom stereocenters. The minimum atomic E-state index is -0.781. The van der Waals surface area contributed by atoms with Crippen LogP contribution in [0.5, 0.6) is 0 Å². The number of aliphatic hydroxyl groups excluding tert-OH is 1. The van der Waals surface area contributed by atoms with Crippen LogP contribution in [-0.4, -0.2) is 17.0 Å². The normalized spacial score (nSPS) is 19.6. The van der Waals surface area contributed by atoms with Gasteiger partial charge in [0.1, 0.15) is 6.10 Å². The van der Waals surface area contributed by atoms with Crippen LogP contribution in [0.2, 0.25) is 0 Å². The van der Waals surface area contributed by atoms with Gasteiger partial charge in [-0.05, 0) is 18.8 Å². The maximum absolute atomic E-state index is 10.8. The molecule has 0 saturated heterocycles. The molecule has 0 aromatic heterocycles. The van der Waals surface area contributed by atoms with E-state index in [4.69, 9.17) is 11.5 Å². The van der Waals surface area contributed by atoms with Gasteiger partial charge < -0.3 is 5.11 Å². The van der Waals surface area contributed by atoms with Crippen LogP contribution in [0.15, 0.2) is 0 Å². The highest BCUT2D eigenvalue weighted by Gasteiger charge is 2.33. The van der Waals surface area contributed by atoms with Gasteiger partial charge in [0.25, 0.3) is 0 Å². The maximum atomic E-state index is 10.8. The molecule has 2 heteroatoms. The molecule has 1 aliphatic carbocycles. The van der Waals surface area contributed by atoms with Crippen LogP contribution in [0.1, 0.15) is 19.3 Å². The van der Waals surface area contributed by atoms with Gasteiger partial charge in [0.2, 0.25) is 0 Å². The predicted octanol–water partition coefficient (Wildman–Crippen LogP) is 0.350. The summed E-state index contributed by atoms with van der Waals surface area (Å²) in [5.41, 5.74) is 0. The van der Waals surface area contributed by atoms with E-state index < -0.39 is 6.10 Å². The van der Waals surface area contributed by atoms with Gasteiger partial charge >= 0.3 is 0 Å². The van der Waals surface area contributed by atoms with E-state index in [9.17, 15) is 4.79 Å². The third-order valence-electron chi connectivity index (χ3n) is 1.67. The van der Waals surface area contributed by atoms with E-state index in [1.807, 2.05) is 0 Å². The van der Waals surface area contributed by atoms with Crippen molar-refractivity contribution in [1.29, 1.82) is 0 Å². The smallest absolute Gasteiger partial charge is 0.173 e. The van der Waals surface area contributed by atoms with Gasteiger partial charge in [0.05, 0.1) is 6.42 Å². The summed E-state index contributed by atoms with van der Waals surface area (Å²) in [5.74, 6) is 2.23. The van der Waals surface area contributed by atoms with E-state index in [1.165, 1.54) is 0 Å². The standard InChI is InChI=1S/C8H10O2/c1-2-3-7(9)8(10)6-4-5-6/h1,6,8,10H,3-5H2. The molecule has 1 aliphatic rings. The topological polar surface area (TPSA) is 37.3 Å². The fourth-order valence-corrected chi connectivity index (χ4v) is 0.880. The molecule has 0 bridgehead atoms. The zero-order valence-electron chi connectivity index (χ0n) is 5.71. The molecule has 0 aliphatic heterocycles. The Hall–Kier alpha value is -0.810. The predicted molar refractivity (Wildman–Crippen MR) is 37.2 cm³/mol. The highest BCUT2D eigenvalue weighted by Crippen LogP contribution is 2.33. The second kappa shape index (κ2) is 2.85. The summed E-state index contributed by atoms with van der Waals surface area (Å²) in [7, 11) is 0. The highest BCUT2D eigenvalue weighted by atomic mass is 16.3. The van der Waals surface area contributed by atoms with Crippen LogP contribution in [0.25, 0.3) is 0 Å². The van der Waals surface area contributed by atoms with E-state index in [0.717, 1.165) is 12.8 Å². The monoisotopic (exact) mass is 138 g/mol. The first-order chi connectivity index (χ1) is 4.75. The Kier molecular flexibility index (Phi) is 2.08. The number of rotatable bonds is 3. The van der Waals surface area contributed by atoms with Crippen molar-refractivity contribution in [3.8, 4) is 12.3 Å².